The Labute approximate surface area is 133 Å². The van der Waals surface area contributed by atoms with Crippen LogP contribution in [-0.4, -0.2) is 49.9 Å². The van der Waals surface area contributed by atoms with Gasteiger partial charge in [0.05, 0.1) is 0 Å². The van der Waals surface area contributed by atoms with Crippen molar-refractivity contribution in [2.75, 3.05) is 33.2 Å². The molecule has 0 saturated carbocycles. The second kappa shape index (κ2) is 8.93. The van der Waals surface area contributed by atoms with Crippen LogP contribution in [0.15, 0.2) is 11.6 Å². The molecule has 2 rings (SSSR count). The summed E-state index contributed by atoms with van der Waals surface area (Å²) in [4.78, 5) is 25.8. The Morgan fingerprint density at radius 2 is 1.91 bits per heavy atom. The number of nitrogens with one attached hydrogen (secondary N) is 2. The molecule has 0 radical (unpaired) electrons. The van der Waals surface area contributed by atoms with Crippen molar-refractivity contribution in [2.45, 2.75) is 44.9 Å². The number of amides is 2. The number of rotatable bonds is 5. The first-order valence-electron chi connectivity index (χ1n) is 8.57. The molecule has 1 fully saturated rings. The summed E-state index contributed by atoms with van der Waals surface area (Å²) in [6, 6.07) is 0. The largest absolute Gasteiger partial charge is 0.348 e. The average Bonchev–Trinajstić information content (AvgIpc) is 2.55. The lowest BCUT2D eigenvalue weighted by Gasteiger charge is -2.28. The smallest absolute Gasteiger partial charge is 0.309 e. The van der Waals surface area contributed by atoms with Gasteiger partial charge in [0.2, 0.25) is 0 Å². The molecule has 5 nitrogen and oxygen atoms in total. The Morgan fingerprint density at radius 3 is 2.59 bits per heavy atom. The van der Waals surface area contributed by atoms with E-state index in [2.05, 4.69) is 28.7 Å². The molecule has 1 heterocycles. The van der Waals surface area contributed by atoms with Gasteiger partial charge in [0.1, 0.15) is 0 Å². The van der Waals surface area contributed by atoms with Crippen molar-refractivity contribution in [1.29, 1.82) is 0 Å². The van der Waals surface area contributed by atoms with E-state index in [1.807, 2.05) is 0 Å². The third-order valence-corrected chi connectivity index (χ3v) is 4.71. The highest BCUT2D eigenvalue weighted by Crippen LogP contribution is 2.19. The maximum absolute atomic E-state index is 11.8. The highest BCUT2D eigenvalue weighted by atomic mass is 16.2. The predicted octanol–water partition coefficient (Wildman–Crippen LogP) is 1.45. The molecule has 2 amide bonds. The second-order valence-electron chi connectivity index (χ2n) is 6.57. The third kappa shape index (κ3) is 5.79. The van der Waals surface area contributed by atoms with Crippen molar-refractivity contribution in [2.24, 2.45) is 5.92 Å². The lowest BCUT2D eigenvalue weighted by atomic mass is 9.97. The van der Waals surface area contributed by atoms with Crippen molar-refractivity contribution in [3.8, 4) is 0 Å². The third-order valence-electron chi connectivity index (χ3n) is 4.71. The van der Waals surface area contributed by atoms with Crippen LogP contribution in [0.5, 0.6) is 0 Å². The number of piperidine rings is 1. The summed E-state index contributed by atoms with van der Waals surface area (Å²) in [7, 11) is 2.12. The molecule has 1 saturated heterocycles. The number of hydrogen-bond donors (Lipinski definition) is 2. The van der Waals surface area contributed by atoms with Gasteiger partial charge in [-0.3, -0.25) is 9.59 Å². The Hall–Kier alpha value is -1.36. The van der Waals surface area contributed by atoms with Gasteiger partial charge in [-0.05, 0) is 71.0 Å². The first kappa shape index (κ1) is 17.0. The lowest BCUT2D eigenvalue weighted by Crippen LogP contribution is -2.43. The first-order valence-corrected chi connectivity index (χ1v) is 8.57. The summed E-state index contributed by atoms with van der Waals surface area (Å²) in [5, 5.41) is 5.50. The summed E-state index contributed by atoms with van der Waals surface area (Å²) in [5.41, 5.74) is 1.42. The number of nitrogens with zero attached hydrogens (tertiary/aromatic N) is 1. The maximum atomic E-state index is 11.8. The van der Waals surface area contributed by atoms with Crippen LogP contribution in [0.25, 0.3) is 0 Å². The van der Waals surface area contributed by atoms with Crippen LogP contribution >= 0.6 is 0 Å². The number of hydrogen-bond acceptors (Lipinski definition) is 3. The van der Waals surface area contributed by atoms with Crippen LogP contribution in [0.3, 0.4) is 0 Å². The fourth-order valence-corrected chi connectivity index (χ4v) is 3.13. The fraction of sp³-hybridized carbons (Fsp3) is 0.765. The summed E-state index contributed by atoms with van der Waals surface area (Å²) in [6.07, 6.45) is 10.1. The maximum Gasteiger partial charge on any atom is 0.309 e. The average molecular weight is 307 g/mol. The minimum absolute atomic E-state index is 0.489. The molecule has 1 aliphatic carbocycles. The quantitative estimate of drug-likeness (QED) is 0.597. The lowest BCUT2D eigenvalue weighted by molar-refractivity contribution is -0.139. The van der Waals surface area contributed by atoms with Gasteiger partial charge < -0.3 is 15.5 Å². The van der Waals surface area contributed by atoms with Crippen LogP contribution < -0.4 is 10.6 Å². The zero-order valence-electron chi connectivity index (χ0n) is 13.7. The Bertz CT molecular complexity index is 412. The van der Waals surface area contributed by atoms with Gasteiger partial charge >= 0.3 is 11.8 Å². The van der Waals surface area contributed by atoms with Crippen LogP contribution in [0.4, 0.5) is 0 Å². The van der Waals surface area contributed by atoms with Crippen LogP contribution in [-0.2, 0) is 9.59 Å². The minimum Gasteiger partial charge on any atom is -0.348 e. The van der Waals surface area contributed by atoms with E-state index in [0.29, 0.717) is 19.0 Å². The van der Waals surface area contributed by atoms with Gasteiger partial charge in [-0.1, -0.05) is 11.6 Å². The van der Waals surface area contributed by atoms with E-state index in [0.717, 1.165) is 45.2 Å². The Morgan fingerprint density at radius 1 is 1.18 bits per heavy atom. The first-order chi connectivity index (χ1) is 10.6. The number of likely N-dealkylation sites (tertiary alicyclic amines) is 1. The van der Waals surface area contributed by atoms with Crippen molar-refractivity contribution < 1.29 is 9.59 Å². The van der Waals surface area contributed by atoms with Crippen LogP contribution in [0.2, 0.25) is 0 Å². The van der Waals surface area contributed by atoms with E-state index >= 15 is 0 Å². The molecule has 0 spiro atoms. The molecule has 1 aliphatic heterocycles. The summed E-state index contributed by atoms with van der Waals surface area (Å²) >= 11 is 0. The molecule has 124 valence electrons. The van der Waals surface area contributed by atoms with E-state index in [9.17, 15) is 9.59 Å². The molecule has 22 heavy (non-hydrogen) atoms. The van der Waals surface area contributed by atoms with Gasteiger partial charge in [0.15, 0.2) is 0 Å². The molecule has 2 N–H and O–H groups in total. The van der Waals surface area contributed by atoms with Gasteiger partial charge in [-0.15, -0.1) is 0 Å². The summed E-state index contributed by atoms with van der Waals surface area (Å²) in [5.74, 6) is -0.485. The van der Waals surface area contributed by atoms with Crippen molar-refractivity contribution in [3.05, 3.63) is 11.6 Å². The monoisotopic (exact) mass is 307 g/mol. The standard InChI is InChI=1S/C17H29N3O2/c1-20-11-8-15(9-12-20)13-19-17(22)16(21)18-10-7-14-5-3-2-4-6-14/h5,15H,2-4,6-13H2,1H3,(H,18,21)(H,19,22). The van der Waals surface area contributed by atoms with E-state index in [1.165, 1.54) is 18.4 Å². The Kier molecular flexibility index (Phi) is 6.90. The molecular weight excluding hydrogens is 278 g/mol. The van der Waals surface area contributed by atoms with Crippen LogP contribution in [0, 0.1) is 5.92 Å². The molecule has 0 aromatic rings. The highest BCUT2D eigenvalue weighted by molar-refractivity contribution is 6.35. The zero-order valence-corrected chi connectivity index (χ0v) is 13.7. The molecule has 0 unspecified atom stereocenters. The van der Waals surface area contributed by atoms with Crippen LogP contribution in [0.1, 0.15) is 44.9 Å². The van der Waals surface area contributed by atoms with Gasteiger partial charge in [0.25, 0.3) is 0 Å². The van der Waals surface area contributed by atoms with E-state index in [-0.39, 0.29) is 0 Å². The van der Waals surface area contributed by atoms with Crippen molar-refractivity contribution in [3.63, 3.8) is 0 Å². The molecule has 5 heteroatoms. The van der Waals surface area contributed by atoms with Crippen molar-refractivity contribution in [1.82, 2.24) is 15.5 Å². The van der Waals surface area contributed by atoms with E-state index < -0.39 is 11.8 Å². The summed E-state index contributed by atoms with van der Waals surface area (Å²) in [6.45, 7) is 3.32. The number of allylic oxidation sites excluding steroid dienone is 1. The Balaban J connectivity index is 1.58. The normalized spacial score (nSPS) is 20.3. The molecule has 0 aromatic carbocycles. The predicted molar refractivity (Wildman–Crippen MR) is 87.4 cm³/mol. The SMILES string of the molecule is CN1CCC(CNC(=O)C(=O)NCCC2=CCCCC2)CC1. The number of carbonyl (C=O) groups excluding carboxylic acids is 2. The van der Waals surface area contributed by atoms with Gasteiger partial charge in [-0.2, -0.15) is 0 Å². The topological polar surface area (TPSA) is 61.4 Å². The highest BCUT2D eigenvalue weighted by Gasteiger charge is 2.19. The van der Waals surface area contributed by atoms with E-state index in [1.54, 1.807) is 0 Å². The van der Waals surface area contributed by atoms with Gasteiger partial charge in [-0.25, -0.2) is 0 Å². The fourth-order valence-electron chi connectivity index (χ4n) is 3.13. The molecule has 0 bridgehead atoms. The minimum atomic E-state index is -0.496. The molecule has 2 aliphatic rings. The van der Waals surface area contributed by atoms with Gasteiger partial charge in [0, 0.05) is 13.1 Å². The van der Waals surface area contributed by atoms with E-state index in [4.69, 9.17) is 0 Å². The summed E-state index contributed by atoms with van der Waals surface area (Å²) < 4.78 is 0. The molecule has 0 aromatic heterocycles. The van der Waals surface area contributed by atoms with Crippen molar-refractivity contribution >= 4 is 11.8 Å². The molecule has 0 atom stereocenters. The zero-order chi connectivity index (χ0) is 15.8. The number of carbonyl (C=O) groups is 2. The second-order valence-corrected chi connectivity index (χ2v) is 6.57. The molecular formula is C17H29N3O2.